The molecule has 0 fully saturated rings. The maximum Gasteiger partial charge on any atom is 0.322 e. The van der Waals surface area contributed by atoms with Gasteiger partial charge < -0.3 is 25.2 Å². The summed E-state index contributed by atoms with van der Waals surface area (Å²) in [7, 11) is 5.50. The van der Waals surface area contributed by atoms with Crippen molar-refractivity contribution in [2.24, 2.45) is 0 Å². The van der Waals surface area contributed by atoms with E-state index in [0.717, 1.165) is 12.2 Å². The lowest BCUT2D eigenvalue weighted by atomic mass is 10.0. The van der Waals surface area contributed by atoms with Gasteiger partial charge in [0.2, 0.25) is 0 Å². The lowest BCUT2D eigenvalue weighted by Gasteiger charge is -2.22. The van der Waals surface area contributed by atoms with Crippen molar-refractivity contribution in [3.05, 3.63) is 45.9 Å². The van der Waals surface area contributed by atoms with Crippen LogP contribution >= 0.6 is 11.3 Å². The molecule has 1 heterocycles. The molecule has 0 saturated carbocycles. The number of nitrogens with one attached hydrogen (secondary N) is 2. The van der Waals surface area contributed by atoms with Crippen LogP contribution in [0.3, 0.4) is 0 Å². The molecule has 0 aliphatic carbocycles. The summed E-state index contributed by atoms with van der Waals surface area (Å²) >= 11 is 1.36. The van der Waals surface area contributed by atoms with Gasteiger partial charge in [-0.3, -0.25) is 4.79 Å². The van der Waals surface area contributed by atoms with Gasteiger partial charge in [0.05, 0.1) is 13.2 Å². The summed E-state index contributed by atoms with van der Waals surface area (Å²) in [6.45, 7) is 6.69. The van der Waals surface area contributed by atoms with Crippen molar-refractivity contribution in [2.45, 2.75) is 26.3 Å². The topological polar surface area (TPSA) is 86.8 Å². The molecule has 31 heavy (non-hydrogen) atoms. The number of benzene rings is 1. The number of nitrogens with zero attached hydrogens (tertiary/aromatic N) is 3. The second-order valence-corrected chi connectivity index (χ2v) is 8.75. The van der Waals surface area contributed by atoms with Crippen LogP contribution in [0.1, 0.15) is 40.8 Å². The SMILES string of the molecule is COCCN(Cc1nc(C(=O)NCCN(C)C)cs1)C(=O)Nc1ccc(C(C)C)cc1. The minimum atomic E-state index is -0.235. The van der Waals surface area contributed by atoms with E-state index in [-0.39, 0.29) is 11.9 Å². The average molecular weight is 448 g/mol. The van der Waals surface area contributed by atoms with Gasteiger partial charge in [0.1, 0.15) is 10.7 Å². The number of anilines is 1. The van der Waals surface area contributed by atoms with Crippen molar-refractivity contribution in [3.8, 4) is 0 Å². The molecule has 1 aromatic heterocycles. The van der Waals surface area contributed by atoms with Crippen LogP contribution in [0, 0.1) is 0 Å². The quantitative estimate of drug-likeness (QED) is 0.552. The van der Waals surface area contributed by atoms with E-state index in [9.17, 15) is 9.59 Å². The zero-order valence-electron chi connectivity index (χ0n) is 19.0. The highest BCUT2D eigenvalue weighted by molar-refractivity contribution is 7.09. The van der Waals surface area contributed by atoms with Crippen molar-refractivity contribution in [2.75, 3.05) is 52.8 Å². The molecule has 0 saturated heterocycles. The number of ether oxygens (including phenoxy) is 1. The maximum atomic E-state index is 12.8. The number of urea groups is 1. The molecule has 0 spiro atoms. The first-order chi connectivity index (χ1) is 14.8. The molecular formula is C22H33N5O3S. The van der Waals surface area contributed by atoms with Gasteiger partial charge in [-0.15, -0.1) is 11.3 Å². The van der Waals surface area contributed by atoms with E-state index in [1.165, 1.54) is 16.9 Å². The van der Waals surface area contributed by atoms with Crippen LogP contribution in [-0.2, 0) is 11.3 Å². The van der Waals surface area contributed by atoms with Gasteiger partial charge in [-0.05, 0) is 37.7 Å². The lowest BCUT2D eigenvalue weighted by molar-refractivity contribution is 0.0946. The van der Waals surface area contributed by atoms with Gasteiger partial charge in [-0.1, -0.05) is 26.0 Å². The van der Waals surface area contributed by atoms with Crippen LogP contribution in [0.2, 0.25) is 0 Å². The number of likely N-dealkylation sites (N-methyl/N-ethyl adjacent to an activating group) is 1. The van der Waals surface area contributed by atoms with Crippen LogP contribution in [0.25, 0.3) is 0 Å². The van der Waals surface area contributed by atoms with E-state index >= 15 is 0 Å². The summed E-state index contributed by atoms with van der Waals surface area (Å²) in [6.07, 6.45) is 0. The number of hydrogen-bond acceptors (Lipinski definition) is 6. The largest absolute Gasteiger partial charge is 0.383 e. The lowest BCUT2D eigenvalue weighted by Crippen LogP contribution is -2.37. The number of aromatic nitrogens is 1. The Hall–Kier alpha value is -2.49. The van der Waals surface area contributed by atoms with E-state index < -0.39 is 0 Å². The fraction of sp³-hybridized carbons (Fsp3) is 0.500. The van der Waals surface area contributed by atoms with Crippen LogP contribution in [0.4, 0.5) is 10.5 Å². The molecule has 2 aromatic rings. The van der Waals surface area contributed by atoms with Gasteiger partial charge in [0.15, 0.2) is 0 Å². The summed E-state index contributed by atoms with van der Waals surface area (Å²) in [5.41, 5.74) is 2.32. The third kappa shape index (κ3) is 8.28. The van der Waals surface area contributed by atoms with Crippen molar-refractivity contribution < 1.29 is 14.3 Å². The molecule has 8 nitrogen and oxygen atoms in total. The first kappa shape index (κ1) is 24.8. The van der Waals surface area contributed by atoms with Gasteiger partial charge in [0, 0.05) is 37.8 Å². The summed E-state index contributed by atoms with van der Waals surface area (Å²) < 4.78 is 5.15. The third-order valence-electron chi connectivity index (χ3n) is 4.64. The highest BCUT2D eigenvalue weighted by atomic mass is 32.1. The fourth-order valence-electron chi connectivity index (χ4n) is 2.74. The Bertz CT molecular complexity index is 836. The van der Waals surface area contributed by atoms with E-state index in [4.69, 9.17) is 4.74 Å². The minimum Gasteiger partial charge on any atom is -0.383 e. The Morgan fingerprint density at radius 1 is 1.16 bits per heavy atom. The van der Waals surface area contributed by atoms with Crippen LogP contribution in [-0.4, -0.2) is 74.2 Å². The van der Waals surface area contributed by atoms with Crippen LogP contribution < -0.4 is 10.6 Å². The number of rotatable bonds is 11. The molecule has 0 bridgehead atoms. The molecule has 2 rings (SSSR count). The molecule has 3 amide bonds. The molecule has 170 valence electrons. The number of amides is 3. The van der Waals surface area contributed by atoms with E-state index in [2.05, 4.69) is 29.5 Å². The predicted molar refractivity (Wildman–Crippen MR) is 125 cm³/mol. The smallest absolute Gasteiger partial charge is 0.322 e. The highest BCUT2D eigenvalue weighted by Gasteiger charge is 2.18. The van der Waals surface area contributed by atoms with Gasteiger partial charge in [-0.2, -0.15) is 0 Å². The summed E-state index contributed by atoms with van der Waals surface area (Å²) in [4.78, 5) is 33.1. The van der Waals surface area contributed by atoms with E-state index in [0.29, 0.717) is 42.9 Å². The second-order valence-electron chi connectivity index (χ2n) is 7.81. The first-order valence-electron chi connectivity index (χ1n) is 10.3. The molecule has 0 aliphatic heterocycles. The van der Waals surface area contributed by atoms with E-state index in [1.54, 1.807) is 17.4 Å². The second kappa shape index (κ2) is 12.4. The summed E-state index contributed by atoms with van der Waals surface area (Å²) in [5.74, 6) is 0.226. The monoisotopic (exact) mass is 447 g/mol. The Balaban J connectivity index is 1.99. The third-order valence-corrected chi connectivity index (χ3v) is 5.47. The number of carbonyl (C=O) groups excluding carboxylic acids is 2. The molecule has 0 aliphatic rings. The maximum absolute atomic E-state index is 12.8. The van der Waals surface area contributed by atoms with Crippen LogP contribution in [0.15, 0.2) is 29.6 Å². The molecule has 0 radical (unpaired) electrons. The van der Waals surface area contributed by atoms with Gasteiger partial charge in [-0.25, -0.2) is 9.78 Å². The van der Waals surface area contributed by atoms with Crippen molar-refractivity contribution in [1.82, 2.24) is 20.1 Å². The zero-order valence-corrected chi connectivity index (χ0v) is 19.8. The van der Waals surface area contributed by atoms with E-state index in [1.807, 2.05) is 43.3 Å². The van der Waals surface area contributed by atoms with Gasteiger partial charge >= 0.3 is 6.03 Å². The van der Waals surface area contributed by atoms with Crippen molar-refractivity contribution in [1.29, 1.82) is 0 Å². The standard InChI is InChI=1S/C22H33N5O3S/c1-16(2)17-6-8-18(9-7-17)24-22(29)27(12-13-30-5)14-20-25-19(15-31-20)21(28)23-10-11-26(3)4/h6-9,15-16H,10-14H2,1-5H3,(H,23,28)(H,24,29). The number of carbonyl (C=O) groups is 2. The van der Waals surface area contributed by atoms with Gasteiger partial charge in [0.25, 0.3) is 5.91 Å². The predicted octanol–water partition coefficient (Wildman–Crippen LogP) is 3.24. The Labute approximate surface area is 188 Å². The summed E-state index contributed by atoms with van der Waals surface area (Å²) in [6, 6.07) is 7.60. The Morgan fingerprint density at radius 2 is 1.87 bits per heavy atom. The highest BCUT2D eigenvalue weighted by Crippen LogP contribution is 2.18. The van der Waals surface area contributed by atoms with Crippen molar-refractivity contribution in [3.63, 3.8) is 0 Å². The number of methoxy groups -OCH3 is 1. The molecule has 2 N–H and O–H groups in total. The molecule has 9 heteroatoms. The molecule has 0 atom stereocenters. The zero-order chi connectivity index (χ0) is 22.8. The van der Waals surface area contributed by atoms with Crippen molar-refractivity contribution >= 4 is 29.0 Å². The fourth-order valence-corrected chi connectivity index (χ4v) is 3.53. The minimum absolute atomic E-state index is 0.206. The Kier molecular flexibility index (Phi) is 9.90. The first-order valence-corrected chi connectivity index (χ1v) is 11.2. The average Bonchev–Trinajstić information content (AvgIpc) is 3.19. The normalized spacial score (nSPS) is 11.1. The summed E-state index contributed by atoms with van der Waals surface area (Å²) in [5, 5.41) is 8.19. The number of thiazole rings is 1. The Morgan fingerprint density at radius 3 is 2.48 bits per heavy atom. The molecule has 1 aromatic carbocycles. The number of hydrogen-bond donors (Lipinski definition) is 2. The molecular weight excluding hydrogens is 414 g/mol. The molecule has 0 unspecified atom stereocenters. The van der Waals surface area contributed by atoms with Crippen LogP contribution in [0.5, 0.6) is 0 Å².